The largest absolute Gasteiger partial charge is 0.323 e. The zero-order valence-corrected chi connectivity index (χ0v) is 13.4. The van der Waals surface area contributed by atoms with E-state index in [2.05, 4.69) is 84.9 Å². The van der Waals surface area contributed by atoms with Gasteiger partial charge in [0.25, 0.3) is 0 Å². The van der Waals surface area contributed by atoms with Gasteiger partial charge in [-0.1, -0.05) is 91.0 Å². The second-order valence-electron chi connectivity index (χ2n) is 5.30. The zero-order chi connectivity index (χ0) is 15.2. The lowest BCUT2D eigenvalue weighted by atomic mass is 10.1. The Labute approximate surface area is 133 Å². The van der Waals surface area contributed by atoms with Crippen molar-refractivity contribution in [2.24, 2.45) is 5.73 Å². The molecule has 0 spiro atoms. The van der Waals surface area contributed by atoms with Gasteiger partial charge < -0.3 is 5.73 Å². The summed E-state index contributed by atoms with van der Waals surface area (Å²) >= 11 is 0. The Morgan fingerprint density at radius 2 is 1.05 bits per heavy atom. The molecule has 22 heavy (non-hydrogen) atoms. The van der Waals surface area contributed by atoms with Crippen LogP contribution >= 0.6 is 7.92 Å². The van der Waals surface area contributed by atoms with Crippen molar-refractivity contribution >= 4 is 18.5 Å². The van der Waals surface area contributed by atoms with E-state index in [1.807, 2.05) is 6.07 Å². The van der Waals surface area contributed by atoms with Crippen LogP contribution in [0.2, 0.25) is 0 Å². The van der Waals surface area contributed by atoms with E-state index in [1.165, 1.54) is 16.2 Å². The van der Waals surface area contributed by atoms with Crippen molar-refractivity contribution in [1.82, 2.24) is 0 Å². The van der Waals surface area contributed by atoms with Crippen LogP contribution in [0.4, 0.5) is 0 Å². The molecule has 2 heteroatoms. The van der Waals surface area contributed by atoms with Gasteiger partial charge in [0.1, 0.15) is 0 Å². The van der Waals surface area contributed by atoms with E-state index >= 15 is 0 Å². The SMILES string of the molecule is NC(Cc1ccccc1)P(c1ccccc1)c1ccccc1. The summed E-state index contributed by atoms with van der Waals surface area (Å²) < 4.78 is 0. The Morgan fingerprint density at radius 1 is 0.636 bits per heavy atom. The second kappa shape index (κ2) is 7.35. The number of nitrogens with two attached hydrogens (primary N) is 1. The molecule has 0 aromatic heterocycles. The molecule has 3 rings (SSSR count). The van der Waals surface area contributed by atoms with Crippen molar-refractivity contribution < 1.29 is 0 Å². The van der Waals surface area contributed by atoms with Crippen LogP contribution < -0.4 is 16.3 Å². The second-order valence-corrected chi connectivity index (χ2v) is 7.73. The average Bonchev–Trinajstić information content (AvgIpc) is 2.58. The topological polar surface area (TPSA) is 26.0 Å². The van der Waals surface area contributed by atoms with E-state index in [-0.39, 0.29) is 5.78 Å². The van der Waals surface area contributed by atoms with Crippen LogP contribution in [0.1, 0.15) is 5.56 Å². The van der Waals surface area contributed by atoms with Gasteiger partial charge in [-0.15, -0.1) is 0 Å². The van der Waals surface area contributed by atoms with E-state index < -0.39 is 7.92 Å². The Balaban J connectivity index is 1.92. The van der Waals surface area contributed by atoms with Crippen molar-refractivity contribution in [1.29, 1.82) is 0 Å². The Hall–Kier alpha value is -1.95. The first kappa shape index (κ1) is 15.0. The molecule has 0 aliphatic rings. The molecular weight excluding hydrogens is 285 g/mol. The Bertz CT molecular complexity index is 643. The van der Waals surface area contributed by atoms with Gasteiger partial charge in [-0.3, -0.25) is 0 Å². The number of benzene rings is 3. The fourth-order valence-electron chi connectivity index (χ4n) is 2.66. The maximum absolute atomic E-state index is 6.64. The number of hydrogen-bond donors (Lipinski definition) is 1. The maximum atomic E-state index is 6.64. The van der Waals surface area contributed by atoms with Crippen LogP contribution in [0.5, 0.6) is 0 Å². The first-order valence-electron chi connectivity index (χ1n) is 7.53. The van der Waals surface area contributed by atoms with Gasteiger partial charge in [-0.2, -0.15) is 0 Å². The summed E-state index contributed by atoms with van der Waals surface area (Å²) in [6.07, 6.45) is 0.899. The van der Waals surface area contributed by atoms with E-state index in [9.17, 15) is 0 Å². The molecule has 3 aromatic rings. The third kappa shape index (κ3) is 3.62. The van der Waals surface area contributed by atoms with Crippen molar-refractivity contribution in [3.05, 3.63) is 96.6 Å². The summed E-state index contributed by atoms with van der Waals surface area (Å²) in [6.45, 7) is 0. The molecule has 0 saturated heterocycles. The van der Waals surface area contributed by atoms with Crippen molar-refractivity contribution in [2.45, 2.75) is 12.2 Å². The van der Waals surface area contributed by atoms with Crippen LogP contribution in [0.15, 0.2) is 91.0 Å². The summed E-state index contributed by atoms with van der Waals surface area (Å²) in [6, 6.07) is 31.8. The molecule has 110 valence electrons. The van der Waals surface area contributed by atoms with Crippen LogP contribution in [0, 0.1) is 0 Å². The lowest BCUT2D eigenvalue weighted by Gasteiger charge is -2.25. The summed E-state index contributed by atoms with van der Waals surface area (Å²) in [5, 5.41) is 2.68. The van der Waals surface area contributed by atoms with E-state index in [1.54, 1.807) is 0 Å². The molecule has 0 aliphatic heterocycles. The molecule has 0 fully saturated rings. The fraction of sp³-hybridized carbons (Fsp3) is 0.100. The molecule has 2 N–H and O–H groups in total. The minimum absolute atomic E-state index is 0.113. The molecule has 0 bridgehead atoms. The predicted molar refractivity (Wildman–Crippen MR) is 97.2 cm³/mol. The third-order valence-corrected chi connectivity index (χ3v) is 6.24. The lowest BCUT2D eigenvalue weighted by molar-refractivity contribution is 0.894. The average molecular weight is 305 g/mol. The van der Waals surface area contributed by atoms with Crippen LogP contribution in [-0.4, -0.2) is 5.78 Å². The highest BCUT2D eigenvalue weighted by Gasteiger charge is 2.21. The van der Waals surface area contributed by atoms with Gasteiger partial charge >= 0.3 is 0 Å². The minimum Gasteiger partial charge on any atom is -0.323 e. The normalized spacial score (nSPS) is 12.3. The third-order valence-electron chi connectivity index (χ3n) is 3.69. The molecule has 1 unspecified atom stereocenters. The van der Waals surface area contributed by atoms with Gasteiger partial charge in [0, 0.05) is 5.78 Å². The molecule has 1 atom stereocenters. The van der Waals surface area contributed by atoms with Crippen LogP contribution in [-0.2, 0) is 6.42 Å². The molecule has 0 radical (unpaired) electrons. The highest BCUT2D eigenvalue weighted by Crippen LogP contribution is 2.38. The van der Waals surface area contributed by atoms with Crippen LogP contribution in [0.25, 0.3) is 0 Å². The van der Waals surface area contributed by atoms with Gasteiger partial charge in [0.05, 0.1) is 0 Å². The van der Waals surface area contributed by atoms with E-state index in [4.69, 9.17) is 5.73 Å². The Kier molecular flexibility index (Phi) is 5.00. The monoisotopic (exact) mass is 305 g/mol. The predicted octanol–water partition coefficient (Wildman–Crippen LogP) is 3.65. The fourth-order valence-corrected chi connectivity index (χ4v) is 5.10. The number of hydrogen-bond acceptors (Lipinski definition) is 1. The summed E-state index contributed by atoms with van der Waals surface area (Å²) in [4.78, 5) is 0. The minimum atomic E-state index is -0.558. The van der Waals surface area contributed by atoms with Gasteiger partial charge in [-0.05, 0) is 30.5 Å². The first-order chi connectivity index (χ1) is 10.8. The molecule has 0 aliphatic carbocycles. The summed E-state index contributed by atoms with van der Waals surface area (Å²) in [5.41, 5.74) is 7.94. The smallest absolute Gasteiger partial charge is 0.0366 e. The molecular formula is C20H20NP. The van der Waals surface area contributed by atoms with Gasteiger partial charge in [0.15, 0.2) is 0 Å². The van der Waals surface area contributed by atoms with Crippen molar-refractivity contribution in [2.75, 3.05) is 0 Å². The van der Waals surface area contributed by atoms with E-state index in [0.29, 0.717) is 0 Å². The molecule has 0 heterocycles. The van der Waals surface area contributed by atoms with Gasteiger partial charge in [-0.25, -0.2) is 0 Å². The molecule has 0 amide bonds. The zero-order valence-electron chi connectivity index (χ0n) is 12.5. The maximum Gasteiger partial charge on any atom is 0.0366 e. The van der Waals surface area contributed by atoms with Crippen molar-refractivity contribution in [3.63, 3.8) is 0 Å². The highest BCUT2D eigenvalue weighted by atomic mass is 31.1. The molecule has 1 nitrogen and oxygen atoms in total. The number of rotatable bonds is 5. The first-order valence-corrected chi connectivity index (χ1v) is 8.94. The Morgan fingerprint density at radius 3 is 1.50 bits per heavy atom. The van der Waals surface area contributed by atoms with E-state index in [0.717, 1.165) is 6.42 Å². The summed E-state index contributed by atoms with van der Waals surface area (Å²) in [5.74, 6) is 0.113. The highest BCUT2D eigenvalue weighted by molar-refractivity contribution is 7.73. The molecule has 0 saturated carbocycles. The van der Waals surface area contributed by atoms with Crippen LogP contribution in [0.3, 0.4) is 0 Å². The quantitative estimate of drug-likeness (QED) is 0.716. The molecule has 3 aromatic carbocycles. The van der Waals surface area contributed by atoms with Crippen molar-refractivity contribution in [3.8, 4) is 0 Å². The standard InChI is InChI=1S/C20H20NP/c21-20(16-17-10-4-1-5-11-17)22(18-12-6-2-7-13-18)19-14-8-3-9-15-19/h1-15,20H,16,21H2. The lowest BCUT2D eigenvalue weighted by Crippen LogP contribution is -2.30. The summed E-state index contributed by atoms with van der Waals surface area (Å²) in [7, 11) is -0.558. The van der Waals surface area contributed by atoms with Gasteiger partial charge in [0.2, 0.25) is 0 Å².